The summed E-state index contributed by atoms with van der Waals surface area (Å²) in [5.41, 5.74) is 2.94. The highest BCUT2D eigenvalue weighted by Gasteiger charge is 2.11. The van der Waals surface area contributed by atoms with Crippen molar-refractivity contribution in [1.82, 2.24) is 19.5 Å². The van der Waals surface area contributed by atoms with E-state index in [4.69, 9.17) is 22.2 Å². The van der Waals surface area contributed by atoms with Gasteiger partial charge in [-0.2, -0.15) is 10.2 Å². The number of aromatic nitrogens is 4. The first kappa shape index (κ1) is 13.3. The summed E-state index contributed by atoms with van der Waals surface area (Å²) < 4.78 is 7.58. The summed E-state index contributed by atoms with van der Waals surface area (Å²) in [4.78, 5) is 11.4. The molecule has 0 unspecified atom stereocenters. The van der Waals surface area contributed by atoms with Crippen molar-refractivity contribution >= 4 is 23.4 Å². The number of ether oxygens (including phenoxy) is 1. The van der Waals surface area contributed by atoms with Gasteiger partial charge in [0.25, 0.3) is 0 Å². The summed E-state index contributed by atoms with van der Waals surface area (Å²) in [6.07, 6.45) is 1.44. The lowest BCUT2D eigenvalue weighted by Gasteiger charge is -2.05. The second-order valence-corrected chi connectivity index (χ2v) is 4.80. The minimum Gasteiger partial charge on any atom is -0.479 e. The first-order valence-electron chi connectivity index (χ1n) is 6.19. The van der Waals surface area contributed by atoms with Crippen LogP contribution in [0, 0.1) is 16.1 Å². The SMILES string of the molecule is COc1ncnc2c1[nH]c(=S)n2Cc1cccc(C#N)c1. The molecule has 0 saturated heterocycles. The Morgan fingerprint density at radius 1 is 1.43 bits per heavy atom. The van der Waals surface area contributed by atoms with Crippen LogP contribution in [0.1, 0.15) is 11.1 Å². The fraction of sp³-hybridized carbons (Fsp3) is 0.143. The number of nitrogens with one attached hydrogen (secondary N) is 1. The van der Waals surface area contributed by atoms with Crippen LogP contribution >= 0.6 is 12.2 Å². The molecule has 0 fully saturated rings. The molecule has 0 radical (unpaired) electrons. The van der Waals surface area contributed by atoms with Gasteiger partial charge in [0.15, 0.2) is 10.4 Å². The van der Waals surface area contributed by atoms with Crippen LogP contribution in [0.25, 0.3) is 11.2 Å². The minimum atomic E-state index is 0.454. The maximum Gasteiger partial charge on any atom is 0.242 e. The van der Waals surface area contributed by atoms with Crippen molar-refractivity contribution in [1.29, 1.82) is 5.26 Å². The van der Waals surface area contributed by atoms with Crippen molar-refractivity contribution in [2.24, 2.45) is 0 Å². The maximum absolute atomic E-state index is 8.96. The van der Waals surface area contributed by atoms with Gasteiger partial charge in [0.05, 0.1) is 25.3 Å². The van der Waals surface area contributed by atoms with Gasteiger partial charge >= 0.3 is 0 Å². The van der Waals surface area contributed by atoms with Crippen molar-refractivity contribution in [2.75, 3.05) is 7.11 Å². The van der Waals surface area contributed by atoms with E-state index in [2.05, 4.69) is 21.0 Å². The van der Waals surface area contributed by atoms with E-state index in [0.717, 1.165) is 5.56 Å². The number of fused-ring (bicyclic) bond motifs is 1. The Morgan fingerprint density at radius 3 is 3.05 bits per heavy atom. The van der Waals surface area contributed by atoms with Crippen LogP contribution < -0.4 is 4.74 Å². The third-order valence-electron chi connectivity index (χ3n) is 3.12. The number of methoxy groups -OCH3 is 1. The highest BCUT2D eigenvalue weighted by molar-refractivity contribution is 7.71. The van der Waals surface area contributed by atoms with Crippen LogP contribution in [0.4, 0.5) is 0 Å². The topological polar surface area (TPSA) is 79.5 Å². The van der Waals surface area contributed by atoms with Crippen molar-refractivity contribution in [3.05, 3.63) is 46.5 Å². The summed E-state index contributed by atoms with van der Waals surface area (Å²) in [7, 11) is 1.55. The molecule has 0 atom stereocenters. The van der Waals surface area contributed by atoms with E-state index < -0.39 is 0 Å². The van der Waals surface area contributed by atoms with E-state index in [0.29, 0.717) is 33.9 Å². The number of rotatable bonds is 3. The molecule has 2 aromatic heterocycles. The zero-order valence-corrected chi connectivity index (χ0v) is 12.0. The molecule has 0 amide bonds. The number of hydrogen-bond donors (Lipinski definition) is 1. The number of aromatic amines is 1. The standard InChI is InChI=1S/C14H11N5OS/c1-20-13-11-12(16-8-17-13)19(14(21)18-11)7-10-4-2-3-9(5-10)6-15/h2-5,8H,7H2,1H3,(H,18,21). The molecular weight excluding hydrogens is 286 g/mol. The average molecular weight is 297 g/mol. The Morgan fingerprint density at radius 2 is 2.29 bits per heavy atom. The van der Waals surface area contributed by atoms with E-state index in [-0.39, 0.29) is 0 Å². The van der Waals surface area contributed by atoms with Crippen molar-refractivity contribution < 1.29 is 4.74 Å². The first-order valence-corrected chi connectivity index (χ1v) is 6.60. The minimum absolute atomic E-state index is 0.454. The quantitative estimate of drug-likeness (QED) is 0.751. The Bertz CT molecular complexity index is 906. The summed E-state index contributed by atoms with van der Waals surface area (Å²) in [6, 6.07) is 9.52. The van der Waals surface area contributed by atoms with E-state index in [1.807, 2.05) is 22.8 Å². The highest BCUT2D eigenvalue weighted by atomic mass is 32.1. The number of imidazole rings is 1. The number of hydrogen-bond acceptors (Lipinski definition) is 5. The highest BCUT2D eigenvalue weighted by Crippen LogP contribution is 2.21. The molecule has 0 aliphatic carbocycles. The number of benzene rings is 1. The molecule has 0 aliphatic rings. The van der Waals surface area contributed by atoms with Gasteiger partial charge in [-0.15, -0.1) is 0 Å². The number of nitriles is 1. The lowest BCUT2D eigenvalue weighted by Crippen LogP contribution is -2.01. The smallest absolute Gasteiger partial charge is 0.242 e. The number of nitrogens with zero attached hydrogens (tertiary/aromatic N) is 4. The molecule has 3 rings (SSSR count). The van der Waals surface area contributed by atoms with Crippen LogP contribution in [-0.4, -0.2) is 26.6 Å². The average Bonchev–Trinajstić information content (AvgIpc) is 2.83. The number of H-pyrrole nitrogens is 1. The Balaban J connectivity index is 2.11. The van der Waals surface area contributed by atoms with Gasteiger partial charge in [0, 0.05) is 0 Å². The molecule has 1 aromatic carbocycles. The fourth-order valence-corrected chi connectivity index (χ4v) is 2.42. The zero-order valence-electron chi connectivity index (χ0n) is 11.2. The molecule has 0 saturated carbocycles. The summed E-state index contributed by atoms with van der Waals surface area (Å²) >= 11 is 5.34. The van der Waals surface area contributed by atoms with Gasteiger partial charge < -0.3 is 9.72 Å². The van der Waals surface area contributed by atoms with Crippen LogP contribution in [0.15, 0.2) is 30.6 Å². The largest absolute Gasteiger partial charge is 0.479 e. The van der Waals surface area contributed by atoms with E-state index in [1.54, 1.807) is 13.2 Å². The van der Waals surface area contributed by atoms with Crippen LogP contribution in [0.5, 0.6) is 5.88 Å². The van der Waals surface area contributed by atoms with Gasteiger partial charge in [0.1, 0.15) is 11.8 Å². The molecular formula is C14H11N5OS. The monoisotopic (exact) mass is 297 g/mol. The van der Waals surface area contributed by atoms with Crippen molar-refractivity contribution in [3.63, 3.8) is 0 Å². The zero-order chi connectivity index (χ0) is 14.8. The third kappa shape index (κ3) is 2.37. The van der Waals surface area contributed by atoms with Gasteiger partial charge in [-0.1, -0.05) is 12.1 Å². The molecule has 21 heavy (non-hydrogen) atoms. The second kappa shape index (κ2) is 5.34. The van der Waals surface area contributed by atoms with Gasteiger partial charge in [0.2, 0.25) is 5.88 Å². The summed E-state index contributed by atoms with van der Waals surface area (Å²) in [5, 5.41) is 8.96. The lowest BCUT2D eigenvalue weighted by molar-refractivity contribution is 0.401. The fourth-order valence-electron chi connectivity index (χ4n) is 2.17. The molecule has 0 bridgehead atoms. The van der Waals surface area contributed by atoms with Crippen molar-refractivity contribution in [3.8, 4) is 11.9 Å². The maximum atomic E-state index is 8.96. The molecule has 2 heterocycles. The van der Waals surface area contributed by atoms with E-state index >= 15 is 0 Å². The first-order chi connectivity index (χ1) is 10.2. The molecule has 0 aliphatic heterocycles. The summed E-state index contributed by atoms with van der Waals surface area (Å²) in [5.74, 6) is 0.454. The molecule has 104 valence electrons. The Hall–Kier alpha value is -2.72. The molecule has 0 spiro atoms. The molecule has 6 nitrogen and oxygen atoms in total. The Kier molecular flexibility index (Phi) is 3.38. The third-order valence-corrected chi connectivity index (χ3v) is 3.44. The van der Waals surface area contributed by atoms with Crippen molar-refractivity contribution in [2.45, 2.75) is 6.54 Å². The van der Waals surface area contributed by atoms with Gasteiger partial charge in [-0.25, -0.2) is 4.98 Å². The molecule has 1 N–H and O–H groups in total. The van der Waals surface area contributed by atoms with Crippen LogP contribution in [0.3, 0.4) is 0 Å². The van der Waals surface area contributed by atoms with Gasteiger partial charge in [-0.05, 0) is 29.9 Å². The van der Waals surface area contributed by atoms with E-state index in [1.165, 1.54) is 6.33 Å². The normalized spacial score (nSPS) is 10.5. The predicted molar refractivity (Wildman–Crippen MR) is 79.5 cm³/mol. The summed E-state index contributed by atoms with van der Waals surface area (Å²) in [6.45, 7) is 0.522. The van der Waals surface area contributed by atoms with Gasteiger partial charge in [-0.3, -0.25) is 4.57 Å². The molecule has 3 aromatic rings. The predicted octanol–water partition coefficient (Wildman–Crippen LogP) is 2.42. The Labute approximate surface area is 125 Å². The lowest BCUT2D eigenvalue weighted by atomic mass is 10.1. The van der Waals surface area contributed by atoms with Crippen LogP contribution in [0.2, 0.25) is 0 Å². The van der Waals surface area contributed by atoms with Crippen LogP contribution in [-0.2, 0) is 6.54 Å². The van der Waals surface area contributed by atoms with E-state index in [9.17, 15) is 0 Å². The second-order valence-electron chi connectivity index (χ2n) is 4.41. The molecule has 7 heteroatoms.